The molecule has 1 aromatic rings. The Morgan fingerprint density at radius 1 is 1.31 bits per heavy atom. The van der Waals surface area contributed by atoms with Crippen LogP contribution < -0.4 is 0 Å². The van der Waals surface area contributed by atoms with E-state index in [4.69, 9.17) is 4.74 Å². The molecule has 0 spiro atoms. The Morgan fingerprint density at radius 2 is 2.06 bits per heavy atom. The zero-order valence-electron chi connectivity index (χ0n) is 10.4. The number of nitrogens with zero attached hydrogens (tertiary/aromatic N) is 1. The number of morpholine rings is 1. The fourth-order valence-corrected chi connectivity index (χ4v) is 2.38. The monoisotopic (exact) mass is 222 g/mol. The van der Waals surface area contributed by atoms with Gasteiger partial charge in [-0.05, 0) is 44.4 Å². The van der Waals surface area contributed by atoms with Crippen molar-refractivity contribution in [1.82, 2.24) is 9.88 Å². The summed E-state index contributed by atoms with van der Waals surface area (Å²) in [6.07, 6.45) is 4.55. The van der Waals surface area contributed by atoms with Crippen molar-refractivity contribution in [1.29, 1.82) is 0 Å². The third-order valence-corrected chi connectivity index (χ3v) is 3.44. The molecule has 0 saturated carbocycles. The van der Waals surface area contributed by atoms with Crippen LogP contribution in [0.5, 0.6) is 0 Å². The first-order valence-electron chi connectivity index (χ1n) is 6.21. The van der Waals surface area contributed by atoms with Crippen molar-refractivity contribution in [2.45, 2.75) is 26.7 Å². The molecule has 1 saturated heterocycles. The molecule has 1 aliphatic rings. The van der Waals surface area contributed by atoms with Crippen molar-refractivity contribution in [3.8, 4) is 0 Å². The number of H-pyrrole nitrogens is 1. The molecule has 0 bridgehead atoms. The van der Waals surface area contributed by atoms with Crippen LogP contribution in [0.2, 0.25) is 0 Å². The van der Waals surface area contributed by atoms with Crippen LogP contribution in [-0.2, 0) is 11.2 Å². The number of hydrogen-bond donors (Lipinski definition) is 1. The number of nitrogens with one attached hydrogen (secondary N) is 1. The molecule has 16 heavy (non-hydrogen) atoms. The lowest BCUT2D eigenvalue weighted by atomic mass is 10.1. The molecule has 1 fully saturated rings. The Balaban J connectivity index is 1.75. The van der Waals surface area contributed by atoms with Gasteiger partial charge in [0.1, 0.15) is 0 Å². The average molecular weight is 222 g/mol. The van der Waals surface area contributed by atoms with Gasteiger partial charge in [-0.3, -0.25) is 4.90 Å². The summed E-state index contributed by atoms with van der Waals surface area (Å²) in [7, 11) is 0. The van der Waals surface area contributed by atoms with Crippen LogP contribution in [0.25, 0.3) is 0 Å². The van der Waals surface area contributed by atoms with Gasteiger partial charge in [0.25, 0.3) is 0 Å². The van der Waals surface area contributed by atoms with Crippen LogP contribution in [0.1, 0.15) is 23.2 Å². The molecular weight excluding hydrogens is 200 g/mol. The predicted octanol–water partition coefficient (Wildman–Crippen LogP) is 1.90. The van der Waals surface area contributed by atoms with E-state index in [2.05, 4.69) is 29.9 Å². The molecule has 2 heterocycles. The SMILES string of the molecule is Cc1c[nH]c(C)c1CCCN1CCOCC1. The van der Waals surface area contributed by atoms with Gasteiger partial charge in [0.2, 0.25) is 0 Å². The second-order valence-electron chi connectivity index (χ2n) is 4.63. The van der Waals surface area contributed by atoms with E-state index in [0.717, 1.165) is 26.3 Å². The van der Waals surface area contributed by atoms with Crippen molar-refractivity contribution < 1.29 is 4.74 Å². The topological polar surface area (TPSA) is 28.3 Å². The standard InChI is InChI=1S/C13H22N2O/c1-11-10-14-12(2)13(11)4-3-5-15-6-8-16-9-7-15/h10,14H,3-9H2,1-2H3. The summed E-state index contributed by atoms with van der Waals surface area (Å²) in [5.74, 6) is 0. The quantitative estimate of drug-likeness (QED) is 0.842. The second kappa shape index (κ2) is 5.51. The van der Waals surface area contributed by atoms with Gasteiger partial charge >= 0.3 is 0 Å². The molecule has 1 aliphatic heterocycles. The fourth-order valence-electron chi connectivity index (χ4n) is 2.38. The minimum absolute atomic E-state index is 0.905. The summed E-state index contributed by atoms with van der Waals surface area (Å²) in [6, 6.07) is 0. The van der Waals surface area contributed by atoms with Crippen molar-refractivity contribution in [2.75, 3.05) is 32.8 Å². The van der Waals surface area contributed by atoms with Gasteiger partial charge in [-0.25, -0.2) is 0 Å². The molecule has 0 atom stereocenters. The fraction of sp³-hybridized carbons (Fsp3) is 0.692. The Hall–Kier alpha value is -0.800. The molecule has 0 radical (unpaired) electrons. The van der Waals surface area contributed by atoms with Gasteiger partial charge in [-0.1, -0.05) is 0 Å². The molecule has 0 unspecified atom stereocenters. The van der Waals surface area contributed by atoms with E-state index in [9.17, 15) is 0 Å². The Kier molecular flexibility index (Phi) is 4.02. The molecule has 3 nitrogen and oxygen atoms in total. The summed E-state index contributed by atoms with van der Waals surface area (Å²) >= 11 is 0. The maximum atomic E-state index is 5.34. The van der Waals surface area contributed by atoms with Crippen LogP contribution in [0.15, 0.2) is 6.20 Å². The maximum absolute atomic E-state index is 5.34. The number of hydrogen-bond acceptors (Lipinski definition) is 2. The van der Waals surface area contributed by atoms with Gasteiger partial charge in [-0.15, -0.1) is 0 Å². The number of aromatic nitrogens is 1. The van der Waals surface area contributed by atoms with Gasteiger partial charge in [0.05, 0.1) is 13.2 Å². The molecule has 0 amide bonds. The Labute approximate surface area is 97.8 Å². The molecule has 1 aromatic heterocycles. The summed E-state index contributed by atoms with van der Waals surface area (Å²) in [6.45, 7) is 9.57. The normalized spacial score (nSPS) is 17.9. The van der Waals surface area contributed by atoms with Gasteiger partial charge in [0.15, 0.2) is 0 Å². The second-order valence-corrected chi connectivity index (χ2v) is 4.63. The number of aromatic amines is 1. The lowest BCUT2D eigenvalue weighted by Crippen LogP contribution is -2.36. The van der Waals surface area contributed by atoms with Crippen LogP contribution in [0.3, 0.4) is 0 Å². The molecule has 1 N–H and O–H groups in total. The van der Waals surface area contributed by atoms with Crippen LogP contribution >= 0.6 is 0 Å². The largest absolute Gasteiger partial charge is 0.379 e. The maximum Gasteiger partial charge on any atom is 0.0594 e. The minimum Gasteiger partial charge on any atom is -0.379 e. The first-order valence-corrected chi connectivity index (χ1v) is 6.21. The number of rotatable bonds is 4. The predicted molar refractivity (Wildman–Crippen MR) is 65.8 cm³/mol. The van der Waals surface area contributed by atoms with E-state index in [1.807, 2.05) is 0 Å². The van der Waals surface area contributed by atoms with Gasteiger partial charge < -0.3 is 9.72 Å². The van der Waals surface area contributed by atoms with Crippen molar-refractivity contribution >= 4 is 0 Å². The molecule has 0 aliphatic carbocycles. The Morgan fingerprint density at radius 3 is 2.69 bits per heavy atom. The van der Waals surface area contributed by atoms with Gasteiger partial charge in [0, 0.05) is 25.0 Å². The third-order valence-electron chi connectivity index (χ3n) is 3.44. The van der Waals surface area contributed by atoms with Crippen LogP contribution in [0.4, 0.5) is 0 Å². The lowest BCUT2D eigenvalue weighted by Gasteiger charge is -2.26. The van der Waals surface area contributed by atoms with Crippen LogP contribution in [-0.4, -0.2) is 42.7 Å². The van der Waals surface area contributed by atoms with E-state index in [1.54, 1.807) is 0 Å². The molecule has 2 rings (SSSR count). The highest BCUT2D eigenvalue weighted by atomic mass is 16.5. The Bertz CT molecular complexity index is 307. The molecule has 3 heteroatoms. The van der Waals surface area contributed by atoms with E-state index < -0.39 is 0 Å². The summed E-state index contributed by atoms with van der Waals surface area (Å²) in [5.41, 5.74) is 4.24. The van der Waals surface area contributed by atoms with E-state index in [1.165, 1.54) is 36.2 Å². The molecule has 90 valence electrons. The van der Waals surface area contributed by atoms with Crippen LogP contribution in [0, 0.1) is 13.8 Å². The molecular formula is C13H22N2O. The molecule has 0 aromatic carbocycles. The van der Waals surface area contributed by atoms with Gasteiger partial charge in [-0.2, -0.15) is 0 Å². The summed E-state index contributed by atoms with van der Waals surface area (Å²) in [4.78, 5) is 5.79. The zero-order chi connectivity index (χ0) is 11.4. The highest BCUT2D eigenvalue weighted by Gasteiger charge is 2.10. The summed E-state index contributed by atoms with van der Waals surface area (Å²) < 4.78 is 5.34. The average Bonchev–Trinajstić information content (AvgIpc) is 2.62. The highest BCUT2D eigenvalue weighted by molar-refractivity contribution is 5.28. The van der Waals surface area contributed by atoms with Crippen molar-refractivity contribution in [2.24, 2.45) is 0 Å². The summed E-state index contributed by atoms with van der Waals surface area (Å²) in [5, 5.41) is 0. The van der Waals surface area contributed by atoms with E-state index in [-0.39, 0.29) is 0 Å². The minimum atomic E-state index is 0.905. The lowest BCUT2D eigenvalue weighted by molar-refractivity contribution is 0.0374. The third kappa shape index (κ3) is 2.86. The number of ether oxygens (including phenoxy) is 1. The highest BCUT2D eigenvalue weighted by Crippen LogP contribution is 2.14. The smallest absolute Gasteiger partial charge is 0.0594 e. The number of aryl methyl sites for hydroxylation is 2. The van der Waals surface area contributed by atoms with E-state index in [0.29, 0.717) is 0 Å². The first kappa shape index (κ1) is 11.7. The zero-order valence-corrected chi connectivity index (χ0v) is 10.4. The van der Waals surface area contributed by atoms with Crippen molar-refractivity contribution in [3.05, 3.63) is 23.0 Å². The van der Waals surface area contributed by atoms with E-state index >= 15 is 0 Å². The van der Waals surface area contributed by atoms with Crippen molar-refractivity contribution in [3.63, 3.8) is 0 Å². The first-order chi connectivity index (χ1) is 7.77.